The summed E-state index contributed by atoms with van der Waals surface area (Å²) in [6.07, 6.45) is 0.328. The largest absolute Gasteiger partial charge is 0.492 e. The zero-order chi connectivity index (χ0) is 15.4. The highest BCUT2D eigenvalue weighted by Crippen LogP contribution is 2.16. The van der Waals surface area contributed by atoms with Crippen molar-refractivity contribution in [3.8, 4) is 5.75 Å². The van der Waals surface area contributed by atoms with Gasteiger partial charge in [-0.3, -0.25) is 9.59 Å². The summed E-state index contributed by atoms with van der Waals surface area (Å²) >= 11 is 3.37. The van der Waals surface area contributed by atoms with E-state index in [1.54, 1.807) is 11.8 Å². The van der Waals surface area contributed by atoms with E-state index in [0.29, 0.717) is 19.6 Å². The number of ether oxygens (including phenoxy) is 1. The molecule has 1 N–H and O–H groups in total. The third kappa shape index (κ3) is 4.20. The lowest BCUT2D eigenvalue weighted by atomic mass is 10.2. The SMILES string of the molecule is CC1NC(=O)CC(C)N(CCOc2ccc(Br)cc2)C1=O. The zero-order valence-corrected chi connectivity index (χ0v) is 13.7. The lowest BCUT2D eigenvalue weighted by Crippen LogP contribution is -2.46. The monoisotopic (exact) mass is 354 g/mol. The third-order valence-corrected chi connectivity index (χ3v) is 3.99. The molecule has 0 aromatic heterocycles. The Bertz CT molecular complexity index is 518. The number of carbonyl (C=O) groups is 2. The van der Waals surface area contributed by atoms with Crippen molar-refractivity contribution in [3.05, 3.63) is 28.7 Å². The predicted octanol–water partition coefficient (Wildman–Crippen LogP) is 1.95. The molecule has 5 nitrogen and oxygen atoms in total. The first kappa shape index (κ1) is 15.8. The maximum Gasteiger partial charge on any atom is 0.245 e. The van der Waals surface area contributed by atoms with Crippen LogP contribution in [-0.4, -0.2) is 41.9 Å². The van der Waals surface area contributed by atoms with Crippen LogP contribution in [-0.2, 0) is 9.59 Å². The van der Waals surface area contributed by atoms with Gasteiger partial charge in [0.05, 0.1) is 6.54 Å². The van der Waals surface area contributed by atoms with Crippen LogP contribution in [0.3, 0.4) is 0 Å². The molecule has 2 amide bonds. The van der Waals surface area contributed by atoms with Gasteiger partial charge >= 0.3 is 0 Å². The third-order valence-electron chi connectivity index (χ3n) is 3.46. The summed E-state index contributed by atoms with van der Waals surface area (Å²) in [5.41, 5.74) is 0. The van der Waals surface area contributed by atoms with Crippen molar-refractivity contribution in [3.63, 3.8) is 0 Å². The Labute approximate surface area is 132 Å². The first-order valence-corrected chi connectivity index (χ1v) is 7.75. The number of hydrogen-bond donors (Lipinski definition) is 1. The van der Waals surface area contributed by atoms with Crippen molar-refractivity contribution in [2.75, 3.05) is 13.2 Å². The highest BCUT2D eigenvalue weighted by atomic mass is 79.9. The molecule has 1 aromatic carbocycles. The van der Waals surface area contributed by atoms with Crippen LogP contribution in [0.15, 0.2) is 28.7 Å². The lowest BCUT2D eigenvalue weighted by Gasteiger charge is -2.27. The molecule has 0 saturated carbocycles. The molecule has 114 valence electrons. The van der Waals surface area contributed by atoms with Gasteiger partial charge in [0, 0.05) is 16.9 Å². The van der Waals surface area contributed by atoms with Crippen molar-refractivity contribution in [2.45, 2.75) is 32.4 Å². The summed E-state index contributed by atoms with van der Waals surface area (Å²) in [6.45, 7) is 4.46. The van der Waals surface area contributed by atoms with E-state index in [-0.39, 0.29) is 17.9 Å². The standard InChI is InChI=1S/C15H19BrN2O3/c1-10-9-14(19)17-11(2)15(20)18(10)7-8-21-13-5-3-12(16)4-6-13/h3-6,10-11H,7-9H2,1-2H3,(H,17,19). The van der Waals surface area contributed by atoms with E-state index in [9.17, 15) is 9.59 Å². The van der Waals surface area contributed by atoms with Crippen LogP contribution < -0.4 is 10.1 Å². The van der Waals surface area contributed by atoms with E-state index in [4.69, 9.17) is 4.74 Å². The minimum Gasteiger partial charge on any atom is -0.492 e. The van der Waals surface area contributed by atoms with E-state index in [2.05, 4.69) is 21.2 Å². The van der Waals surface area contributed by atoms with E-state index in [0.717, 1.165) is 10.2 Å². The van der Waals surface area contributed by atoms with Crippen LogP contribution in [0, 0.1) is 0 Å². The number of nitrogens with zero attached hydrogens (tertiary/aromatic N) is 1. The molecule has 0 bridgehead atoms. The van der Waals surface area contributed by atoms with Crippen molar-refractivity contribution in [2.24, 2.45) is 0 Å². The molecular formula is C15H19BrN2O3. The predicted molar refractivity (Wildman–Crippen MR) is 83.0 cm³/mol. The Kier molecular flexibility index (Phi) is 5.22. The highest BCUT2D eigenvalue weighted by molar-refractivity contribution is 9.10. The topological polar surface area (TPSA) is 58.6 Å². The van der Waals surface area contributed by atoms with Gasteiger partial charge in [0.15, 0.2) is 0 Å². The second kappa shape index (κ2) is 6.93. The highest BCUT2D eigenvalue weighted by Gasteiger charge is 2.31. The summed E-state index contributed by atoms with van der Waals surface area (Å²) in [5, 5.41) is 2.69. The Hall–Kier alpha value is -1.56. The smallest absolute Gasteiger partial charge is 0.245 e. The number of carbonyl (C=O) groups excluding carboxylic acids is 2. The molecule has 2 unspecified atom stereocenters. The van der Waals surface area contributed by atoms with Crippen molar-refractivity contribution >= 4 is 27.7 Å². The lowest BCUT2D eigenvalue weighted by molar-refractivity contribution is -0.134. The molecule has 0 radical (unpaired) electrons. The van der Waals surface area contributed by atoms with Crippen molar-refractivity contribution in [1.82, 2.24) is 10.2 Å². The van der Waals surface area contributed by atoms with Crippen molar-refractivity contribution in [1.29, 1.82) is 0 Å². The van der Waals surface area contributed by atoms with Gasteiger partial charge < -0.3 is 15.0 Å². The normalized spacial score (nSPS) is 22.7. The van der Waals surface area contributed by atoms with E-state index < -0.39 is 6.04 Å². The Morgan fingerprint density at radius 3 is 2.62 bits per heavy atom. The van der Waals surface area contributed by atoms with Gasteiger partial charge in [-0.25, -0.2) is 0 Å². The fourth-order valence-electron chi connectivity index (χ4n) is 2.33. The van der Waals surface area contributed by atoms with Crippen LogP contribution in [0.25, 0.3) is 0 Å². The van der Waals surface area contributed by atoms with Crippen molar-refractivity contribution < 1.29 is 14.3 Å². The summed E-state index contributed by atoms with van der Waals surface area (Å²) in [6, 6.07) is 6.95. The van der Waals surface area contributed by atoms with Crippen LogP contribution in [0.2, 0.25) is 0 Å². The number of amides is 2. The van der Waals surface area contributed by atoms with Gasteiger partial charge in [0.25, 0.3) is 0 Å². The number of halogens is 1. The number of benzene rings is 1. The number of nitrogens with one attached hydrogen (secondary N) is 1. The molecule has 6 heteroatoms. The second-order valence-electron chi connectivity index (χ2n) is 5.18. The maximum atomic E-state index is 12.2. The van der Waals surface area contributed by atoms with Crippen LogP contribution in [0.4, 0.5) is 0 Å². The summed E-state index contributed by atoms with van der Waals surface area (Å²) in [5.74, 6) is 0.614. The van der Waals surface area contributed by atoms with Crippen LogP contribution >= 0.6 is 15.9 Å². The zero-order valence-electron chi connectivity index (χ0n) is 12.1. The fourth-order valence-corrected chi connectivity index (χ4v) is 2.59. The summed E-state index contributed by atoms with van der Waals surface area (Å²) in [7, 11) is 0. The fraction of sp³-hybridized carbons (Fsp3) is 0.467. The molecule has 2 atom stereocenters. The summed E-state index contributed by atoms with van der Waals surface area (Å²) < 4.78 is 6.63. The van der Waals surface area contributed by atoms with Gasteiger partial charge in [0.1, 0.15) is 18.4 Å². The molecule has 1 aliphatic rings. The average Bonchev–Trinajstić information content (AvgIpc) is 2.52. The Morgan fingerprint density at radius 1 is 1.29 bits per heavy atom. The van der Waals surface area contributed by atoms with Gasteiger partial charge in [-0.15, -0.1) is 0 Å². The maximum absolute atomic E-state index is 12.2. The van der Waals surface area contributed by atoms with Crippen LogP contribution in [0.5, 0.6) is 5.75 Å². The molecule has 1 fully saturated rings. The van der Waals surface area contributed by atoms with Gasteiger partial charge in [-0.2, -0.15) is 0 Å². The van der Waals surface area contributed by atoms with Gasteiger partial charge in [-0.1, -0.05) is 15.9 Å². The molecule has 1 heterocycles. The second-order valence-corrected chi connectivity index (χ2v) is 6.09. The molecule has 1 aliphatic heterocycles. The molecular weight excluding hydrogens is 336 g/mol. The molecule has 0 aliphatic carbocycles. The van der Waals surface area contributed by atoms with Gasteiger partial charge in [-0.05, 0) is 38.1 Å². The molecule has 1 aromatic rings. The number of hydrogen-bond acceptors (Lipinski definition) is 3. The molecule has 21 heavy (non-hydrogen) atoms. The first-order chi connectivity index (χ1) is 9.97. The summed E-state index contributed by atoms with van der Waals surface area (Å²) in [4.78, 5) is 25.5. The van der Waals surface area contributed by atoms with E-state index >= 15 is 0 Å². The molecule has 1 saturated heterocycles. The minimum absolute atomic E-state index is 0.0623. The average molecular weight is 355 g/mol. The van der Waals surface area contributed by atoms with Gasteiger partial charge in [0.2, 0.25) is 11.8 Å². The van der Waals surface area contributed by atoms with Crippen LogP contribution in [0.1, 0.15) is 20.3 Å². The minimum atomic E-state index is -0.477. The number of rotatable bonds is 4. The molecule has 2 rings (SSSR count). The Morgan fingerprint density at radius 2 is 1.95 bits per heavy atom. The van der Waals surface area contributed by atoms with E-state index in [1.165, 1.54) is 0 Å². The van der Waals surface area contributed by atoms with E-state index in [1.807, 2.05) is 31.2 Å². The quantitative estimate of drug-likeness (QED) is 0.898. The Balaban J connectivity index is 1.92. The molecule has 0 spiro atoms. The first-order valence-electron chi connectivity index (χ1n) is 6.95.